The normalized spacial score (nSPS) is 16.1. The fourth-order valence-electron chi connectivity index (χ4n) is 4.31. The number of ether oxygens (including phenoxy) is 2. The summed E-state index contributed by atoms with van der Waals surface area (Å²) in [6.45, 7) is 1.50. The summed E-state index contributed by atoms with van der Waals surface area (Å²) in [4.78, 5) is 64.9. The number of carbonyl (C=O) groups excluding carboxylic acids is 3. The topological polar surface area (TPSA) is 187 Å². The van der Waals surface area contributed by atoms with Crippen LogP contribution in [-0.4, -0.2) is 83.6 Å². The smallest absolute Gasteiger partial charge is 0.409 e. The minimum absolute atomic E-state index is 0.162. The molecule has 1 aliphatic heterocycles. The Morgan fingerprint density at radius 2 is 1.87 bits per heavy atom. The molecule has 1 fully saturated rings. The predicted molar refractivity (Wildman–Crippen MR) is 136 cm³/mol. The number of aliphatic carboxylic acids is 1. The molecular weight excluding hydrogens is 516 g/mol. The number of amides is 2. The first-order chi connectivity index (χ1) is 18.7. The summed E-state index contributed by atoms with van der Waals surface area (Å²) in [6.07, 6.45) is 2.09. The number of rotatable bonds is 17. The average Bonchev–Trinajstić information content (AvgIpc) is 3.40. The van der Waals surface area contributed by atoms with Gasteiger partial charge in [-0.1, -0.05) is 30.3 Å². The van der Waals surface area contributed by atoms with E-state index in [0.717, 1.165) is 5.56 Å². The van der Waals surface area contributed by atoms with E-state index in [1.54, 1.807) is 6.92 Å². The highest BCUT2D eigenvalue weighted by Crippen LogP contribution is 2.20. The standard InChI is InChI=1S/C25H36N4O10/c1-2-37-24(33)20(14-13-18-9-4-3-5-10-18)27-19(22(30)28-16-8-12-21(28)23(31)32)11-6-7-15-26-25(34)38-17-39-29(35)36/h3-5,9-10,19-21,27H,2,6-8,11-17H2,1H3,(H,26,34)(H,31,32). The Hall–Kier alpha value is -3.94. The number of carboxylic acid groups (broad SMARTS) is 1. The number of alkyl carbamates (subject to hydrolysis) is 1. The molecule has 1 aromatic rings. The van der Waals surface area contributed by atoms with Crippen LogP contribution in [0.1, 0.15) is 51.0 Å². The van der Waals surface area contributed by atoms with Gasteiger partial charge in [-0.2, -0.15) is 0 Å². The van der Waals surface area contributed by atoms with Crippen molar-refractivity contribution in [3.63, 3.8) is 0 Å². The average molecular weight is 553 g/mol. The van der Waals surface area contributed by atoms with Crippen LogP contribution in [0.4, 0.5) is 4.79 Å². The summed E-state index contributed by atoms with van der Waals surface area (Å²) in [6, 6.07) is 6.99. The summed E-state index contributed by atoms with van der Waals surface area (Å²) in [5.74, 6) is -1.98. The number of unbranched alkanes of at least 4 members (excludes halogenated alkanes) is 1. The van der Waals surface area contributed by atoms with E-state index >= 15 is 0 Å². The van der Waals surface area contributed by atoms with Crippen LogP contribution in [0.3, 0.4) is 0 Å². The lowest BCUT2D eigenvalue weighted by Gasteiger charge is -2.30. The number of esters is 1. The van der Waals surface area contributed by atoms with E-state index in [9.17, 15) is 34.4 Å². The van der Waals surface area contributed by atoms with Crippen molar-refractivity contribution in [3.8, 4) is 0 Å². The van der Waals surface area contributed by atoms with Gasteiger partial charge in [-0.25, -0.2) is 9.59 Å². The van der Waals surface area contributed by atoms with Gasteiger partial charge < -0.3 is 24.8 Å². The van der Waals surface area contributed by atoms with Gasteiger partial charge in [-0.15, -0.1) is 10.1 Å². The number of hydrogen-bond donors (Lipinski definition) is 3. The van der Waals surface area contributed by atoms with E-state index in [2.05, 4.69) is 20.2 Å². The lowest BCUT2D eigenvalue weighted by molar-refractivity contribution is -0.765. The van der Waals surface area contributed by atoms with Crippen molar-refractivity contribution in [1.29, 1.82) is 0 Å². The van der Waals surface area contributed by atoms with Gasteiger partial charge in [0.05, 0.1) is 12.6 Å². The molecule has 0 spiro atoms. The van der Waals surface area contributed by atoms with Crippen LogP contribution < -0.4 is 10.6 Å². The van der Waals surface area contributed by atoms with Crippen molar-refractivity contribution < 1.29 is 43.7 Å². The molecule has 1 aliphatic rings. The number of carboxylic acids is 1. The number of carbonyl (C=O) groups is 4. The summed E-state index contributed by atoms with van der Waals surface area (Å²) in [5, 5.41) is 24.1. The van der Waals surface area contributed by atoms with E-state index in [0.29, 0.717) is 45.1 Å². The quantitative estimate of drug-likeness (QED) is 0.0838. The highest BCUT2D eigenvalue weighted by molar-refractivity contribution is 5.88. The van der Waals surface area contributed by atoms with Crippen LogP contribution in [0.15, 0.2) is 30.3 Å². The maximum atomic E-state index is 13.5. The van der Waals surface area contributed by atoms with Gasteiger partial charge in [0.1, 0.15) is 12.1 Å². The zero-order chi connectivity index (χ0) is 28.6. The largest absolute Gasteiger partial charge is 0.480 e. The van der Waals surface area contributed by atoms with E-state index < -0.39 is 53.9 Å². The molecule has 0 aliphatic carbocycles. The molecule has 2 amide bonds. The number of nitrogens with zero attached hydrogens (tertiary/aromatic N) is 2. The fourth-order valence-corrected chi connectivity index (χ4v) is 4.31. The molecule has 1 saturated heterocycles. The summed E-state index contributed by atoms with van der Waals surface area (Å²) in [7, 11) is 0. The van der Waals surface area contributed by atoms with Crippen LogP contribution in [0.2, 0.25) is 0 Å². The molecule has 0 bridgehead atoms. The summed E-state index contributed by atoms with van der Waals surface area (Å²) >= 11 is 0. The fraction of sp³-hybridized carbons (Fsp3) is 0.600. The molecular formula is C25H36N4O10. The summed E-state index contributed by atoms with van der Waals surface area (Å²) in [5.41, 5.74) is 1.02. The van der Waals surface area contributed by atoms with E-state index in [1.807, 2.05) is 30.3 Å². The lowest BCUT2D eigenvalue weighted by Crippen LogP contribution is -2.54. The Labute approximate surface area is 226 Å². The molecule has 39 heavy (non-hydrogen) atoms. The Balaban J connectivity index is 2.03. The number of nitrogens with one attached hydrogen (secondary N) is 2. The van der Waals surface area contributed by atoms with Gasteiger partial charge in [0, 0.05) is 13.1 Å². The first-order valence-corrected chi connectivity index (χ1v) is 12.9. The van der Waals surface area contributed by atoms with Gasteiger partial charge in [0.2, 0.25) is 12.7 Å². The van der Waals surface area contributed by atoms with Gasteiger partial charge in [0.15, 0.2) is 0 Å². The third kappa shape index (κ3) is 11.1. The Morgan fingerprint density at radius 1 is 1.13 bits per heavy atom. The minimum atomic E-state index is -1.09. The first-order valence-electron chi connectivity index (χ1n) is 12.9. The Morgan fingerprint density at radius 3 is 2.54 bits per heavy atom. The highest BCUT2D eigenvalue weighted by Gasteiger charge is 2.38. The van der Waals surface area contributed by atoms with Crippen molar-refractivity contribution in [3.05, 3.63) is 46.0 Å². The molecule has 1 heterocycles. The maximum Gasteiger partial charge on any atom is 0.409 e. The number of benzene rings is 1. The van der Waals surface area contributed by atoms with Gasteiger partial charge in [0.25, 0.3) is 5.09 Å². The Bertz CT molecular complexity index is 961. The van der Waals surface area contributed by atoms with Gasteiger partial charge in [-0.3, -0.25) is 19.7 Å². The van der Waals surface area contributed by atoms with Crippen molar-refractivity contribution >= 4 is 23.9 Å². The molecule has 1 aromatic carbocycles. The first kappa shape index (κ1) is 31.3. The second-order valence-electron chi connectivity index (χ2n) is 8.90. The van der Waals surface area contributed by atoms with Crippen LogP contribution in [0, 0.1) is 10.1 Å². The van der Waals surface area contributed by atoms with Gasteiger partial charge >= 0.3 is 18.0 Å². The zero-order valence-electron chi connectivity index (χ0n) is 21.9. The van der Waals surface area contributed by atoms with Crippen molar-refractivity contribution in [2.24, 2.45) is 0 Å². The molecule has 3 atom stereocenters. The second-order valence-corrected chi connectivity index (χ2v) is 8.90. The summed E-state index contributed by atoms with van der Waals surface area (Å²) < 4.78 is 9.73. The molecule has 14 heteroatoms. The zero-order valence-corrected chi connectivity index (χ0v) is 21.9. The molecule has 216 valence electrons. The van der Waals surface area contributed by atoms with Crippen LogP contribution >= 0.6 is 0 Å². The predicted octanol–water partition coefficient (Wildman–Crippen LogP) is 1.65. The monoisotopic (exact) mass is 552 g/mol. The van der Waals surface area contributed by atoms with E-state index in [1.165, 1.54) is 4.90 Å². The highest BCUT2D eigenvalue weighted by atomic mass is 17.0. The van der Waals surface area contributed by atoms with Crippen LogP contribution in [0.5, 0.6) is 0 Å². The minimum Gasteiger partial charge on any atom is -0.480 e. The second kappa shape index (κ2) is 16.8. The molecule has 2 rings (SSSR count). The molecule has 14 nitrogen and oxygen atoms in total. The lowest BCUT2D eigenvalue weighted by atomic mass is 10.0. The number of hydrogen-bond acceptors (Lipinski definition) is 10. The molecule has 3 unspecified atom stereocenters. The van der Waals surface area contributed by atoms with Crippen LogP contribution in [0.25, 0.3) is 0 Å². The van der Waals surface area contributed by atoms with Crippen molar-refractivity contribution in [2.45, 2.75) is 70.0 Å². The number of likely N-dealkylation sites (tertiary alicyclic amines) is 1. The van der Waals surface area contributed by atoms with Gasteiger partial charge in [-0.05, 0) is 57.4 Å². The van der Waals surface area contributed by atoms with E-state index in [-0.39, 0.29) is 19.6 Å². The van der Waals surface area contributed by atoms with Crippen LogP contribution in [-0.2, 0) is 35.1 Å². The molecule has 3 N–H and O–H groups in total. The SMILES string of the molecule is CCOC(=O)C(CCc1ccccc1)NC(CCCCNC(=O)OCO[N+](=O)[O-])C(=O)N1CCCC1C(=O)O. The van der Waals surface area contributed by atoms with Crippen molar-refractivity contribution in [1.82, 2.24) is 15.5 Å². The third-order valence-electron chi connectivity index (χ3n) is 6.19. The molecule has 0 aromatic heterocycles. The van der Waals surface area contributed by atoms with Crippen molar-refractivity contribution in [2.75, 3.05) is 26.5 Å². The van der Waals surface area contributed by atoms with E-state index in [4.69, 9.17) is 4.74 Å². The molecule has 0 radical (unpaired) electrons. The number of aryl methyl sites for hydroxylation is 1. The maximum absolute atomic E-state index is 13.5. The molecule has 0 saturated carbocycles. The Kier molecular flexibility index (Phi) is 13.5. The third-order valence-corrected chi connectivity index (χ3v) is 6.19.